The predicted octanol–water partition coefficient (Wildman–Crippen LogP) is 4.47. The summed E-state index contributed by atoms with van der Waals surface area (Å²) in [5, 5.41) is 3.46. The molecule has 0 amide bonds. The van der Waals surface area contributed by atoms with Crippen molar-refractivity contribution in [3.05, 3.63) is 83.8 Å². The molecule has 2 N–H and O–H groups in total. The summed E-state index contributed by atoms with van der Waals surface area (Å²) in [4.78, 5) is 13.0. The number of rotatable bonds is 6. The Morgan fingerprint density at radius 2 is 1.77 bits per heavy atom. The van der Waals surface area contributed by atoms with E-state index >= 15 is 0 Å². The van der Waals surface area contributed by atoms with Crippen molar-refractivity contribution < 1.29 is 9.47 Å². The van der Waals surface area contributed by atoms with Crippen molar-refractivity contribution in [2.45, 2.75) is 20.0 Å². The maximum Gasteiger partial charge on any atom is 0.231 e. The van der Waals surface area contributed by atoms with Crippen molar-refractivity contribution in [2.24, 2.45) is 0 Å². The van der Waals surface area contributed by atoms with Gasteiger partial charge in [0.2, 0.25) is 6.79 Å². The zero-order valence-corrected chi connectivity index (χ0v) is 16.7. The number of ether oxygens (including phenoxy) is 2. The minimum Gasteiger partial charge on any atom is -0.454 e. The van der Waals surface area contributed by atoms with E-state index in [9.17, 15) is 0 Å². The number of nitrogens with zero attached hydrogens (tertiary/aromatic N) is 2. The molecule has 0 saturated carbocycles. The van der Waals surface area contributed by atoms with Crippen LogP contribution in [0.1, 0.15) is 17.1 Å². The van der Waals surface area contributed by atoms with E-state index in [1.54, 1.807) is 0 Å². The SMILES string of the molecule is Cc1cccc(-c2nc(CNCc3ccccc3)[nH]c2-c2ccc3c(c2)OCO3)n1. The van der Waals surface area contributed by atoms with Gasteiger partial charge in [-0.2, -0.15) is 0 Å². The fourth-order valence-corrected chi connectivity index (χ4v) is 3.55. The number of aromatic nitrogens is 3. The van der Waals surface area contributed by atoms with Crippen molar-refractivity contribution in [3.8, 4) is 34.1 Å². The van der Waals surface area contributed by atoms with Crippen LogP contribution in [0.5, 0.6) is 11.5 Å². The highest BCUT2D eigenvalue weighted by molar-refractivity contribution is 5.78. The summed E-state index contributed by atoms with van der Waals surface area (Å²) in [5.41, 5.74) is 5.76. The van der Waals surface area contributed by atoms with Gasteiger partial charge in [0, 0.05) is 17.8 Å². The van der Waals surface area contributed by atoms with Crippen LogP contribution in [0.25, 0.3) is 22.6 Å². The van der Waals surface area contributed by atoms with E-state index in [-0.39, 0.29) is 6.79 Å². The van der Waals surface area contributed by atoms with E-state index in [4.69, 9.17) is 14.5 Å². The van der Waals surface area contributed by atoms with Gasteiger partial charge < -0.3 is 19.8 Å². The molecule has 6 heteroatoms. The third-order valence-corrected chi connectivity index (χ3v) is 5.01. The molecule has 0 bridgehead atoms. The number of benzene rings is 2. The molecule has 4 aromatic rings. The standard InChI is InChI=1S/C24H22N4O2/c1-16-6-5-9-19(26-16)24-23(18-10-11-20-21(12-18)30-15-29-20)27-22(28-24)14-25-13-17-7-3-2-4-8-17/h2-12,25H,13-15H2,1H3,(H,27,28). The molecule has 0 atom stereocenters. The number of H-pyrrole nitrogens is 1. The molecule has 5 rings (SSSR count). The summed E-state index contributed by atoms with van der Waals surface area (Å²) < 4.78 is 11.0. The molecular formula is C24H22N4O2. The van der Waals surface area contributed by atoms with Crippen molar-refractivity contribution in [3.63, 3.8) is 0 Å². The molecule has 2 aromatic carbocycles. The van der Waals surface area contributed by atoms with E-state index in [0.717, 1.165) is 52.2 Å². The fraction of sp³-hybridized carbons (Fsp3) is 0.167. The summed E-state index contributed by atoms with van der Waals surface area (Å²) in [6.07, 6.45) is 0. The molecule has 2 aromatic heterocycles. The first-order valence-corrected chi connectivity index (χ1v) is 9.94. The summed E-state index contributed by atoms with van der Waals surface area (Å²) in [6.45, 7) is 3.64. The van der Waals surface area contributed by atoms with Gasteiger partial charge in [-0.1, -0.05) is 36.4 Å². The highest BCUT2D eigenvalue weighted by Crippen LogP contribution is 2.38. The van der Waals surface area contributed by atoms with Crippen LogP contribution in [0.4, 0.5) is 0 Å². The highest BCUT2D eigenvalue weighted by atomic mass is 16.7. The van der Waals surface area contributed by atoms with Gasteiger partial charge in [0.25, 0.3) is 0 Å². The van der Waals surface area contributed by atoms with E-state index in [2.05, 4.69) is 27.4 Å². The number of hydrogen-bond donors (Lipinski definition) is 2. The maximum atomic E-state index is 5.56. The summed E-state index contributed by atoms with van der Waals surface area (Å²) >= 11 is 0. The lowest BCUT2D eigenvalue weighted by atomic mass is 10.1. The van der Waals surface area contributed by atoms with E-state index in [1.165, 1.54) is 5.56 Å². The van der Waals surface area contributed by atoms with Crippen molar-refractivity contribution in [2.75, 3.05) is 6.79 Å². The lowest BCUT2D eigenvalue weighted by Crippen LogP contribution is -2.13. The molecule has 0 saturated heterocycles. The molecule has 0 unspecified atom stereocenters. The Hall–Kier alpha value is -3.64. The van der Waals surface area contributed by atoms with Crippen LogP contribution < -0.4 is 14.8 Å². The Morgan fingerprint density at radius 1 is 0.900 bits per heavy atom. The Balaban J connectivity index is 1.46. The van der Waals surface area contributed by atoms with Gasteiger partial charge >= 0.3 is 0 Å². The number of nitrogens with one attached hydrogen (secondary N) is 2. The minimum absolute atomic E-state index is 0.253. The molecule has 0 aliphatic carbocycles. The maximum absolute atomic E-state index is 5.56. The van der Waals surface area contributed by atoms with Crippen molar-refractivity contribution >= 4 is 0 Å². The van der Waals surface area contributed by atoms with Crippen LogP contribution in [0.15, 0.2) is 66.7 Å². The van der Waals surface area contributed by atoms with Gasteiger partial charge in [0.15, 0.2) is 11.5 Å². The topological polar surface area (TPSA) is 72.1 Å². The Labute approximate surface area is 174 Å². The molecule has 0 radical (unpaired) electrons. The number of hydrogen-bond acceptors (Lipinski definition) is 5. The second-order valence-electron chi connectivity index (χ2n) is 7.23. The number of fused-ring (bicyclic) bond motifs is 1. The monoisotopic (exact) mass is 398 g/mol. The second-order valence-corrected chi connectivity index (χ2v) is 7.23. The van der Waals surface area contributed by atoms with Gasteiger partial charge in [-0.3, -0.25) is 4.98 Å². The smallest absolute Gasteiger partial charge is 0.231 e. The fourth-order valence-electron chi connectivity index (χ4n) is 3.55. The van der Waals surface area contributed by atoms with E-state index < -0.39 is 0 Å². The molecule has 6 nitrogen and oxygen atoms in total. The van der Waals surface area contributed by atoms with Gasteiger partial charge in [-0.25, -0.2) is 4.98 Å². The first-order chi connectivity index (χ1) is 14.8. The first kappa shape index (κ1) is 18.4. The van der Waals surface area contributed by atoms with Crippen LogP contribution in [-0.2, 0) is 13.1 Å². The van der Waals surface area contributed by atoms with Crippen molar-refractivity contribution in [1.82, 2.24) is 20.3 Å². The molecular weight excluding hydrogens is 376 g/mol. The van der Waals surface area contributed by atoms with Crippen LogP contribution in [0.2, 0.25) is 0 Å². The van der Waals surface area contributed by atoms with Gasteiger partial charge in [0.05, 0.1) is 17.9 Å². The predicted molar refractivity (Wildman–Crippen MR) is 115 cm³/mol. The lowest BCUT2D eigenvalue weighted by molar-refractivity contribution is 0.174. The number of pyridine rings is 1. The third-order valence-electron chi connectivity index (χ3n) is 5.01. The van der Waals surface area contributed by atoms with Gasteiger partial charge in [-0.05, 0) is 42.8 Å². The zero-order chi connectivity index (χ0) is 20.3. The van der Waals surface area contributed by atoms with E-state index in [1.807, 2.05) is 61.5 Å². The molecule has 0 spiro atoms. The summed E-state index contributed by atoms with van der Waals surface area (Å²) in [7, 11) is 0. The third kappa shape index (κ3) is 3.77. The van der Waals surface area contributed by atoms with Crippen LogP contribution >= 0.6 is 0 Å². The average Bonchev–Trinajstić information content (AvgIpc) is 3.41. The largest absolute Gasteiger partial charge is 0.454 e. The first-order valence-electron chi connectivity index (χ1n) is 9.94. The highest BCUT2D eigenvalue weighted by Gasteiger charge is 2.19. The van der Waals surface area contributed by atoms with Gasteiger partial charge in [0.1, 0.15) is 11.5 Å². The molecule has 1 aliphatic rings. The summed E-state index contributed by atoms with van der Waals surface area (Å²) in [5.74, 6) is 2.36. The molecule has 0 fully saturated rings. The molecule has 30 heavy (non-hydrogen) atoms. The zero-order valence-electron chi connectivity index (χ0n) is 16.7. The van der Waals surface area contributed by atoms with Crippen LogP contribution in [0.3, 0.4) is 0 Å². The molecule has 3 heterocycles. The number of aromatic amines is 1. The minimum atomic E-state index is 0.253. The second kappa shape index (κ2) is 8.00. The normalized spacial score (nSPS) is 12.3. The number of imidazole rings is 1. The lowest BCUT2D eigenvalue weighted by Gasteiger charge is -2.05. The molecule has 1 aliphatic heterocycles. The van der Waals surface area contributed by atoms with Crippen LogP contribution in [0, 0.1) is 6.92 Å². The quantitative estimate of drug-likeness (QED) is 0.502. The summed E-state index contributed by atoms with van der Waals surface area (Å²) in [6, 6.07) is 22.2. The van der Waals surface area contributed by atoms with Crippen LogP contribution in [-0.4, -0.2) is 21.7 Å². The Morgan fingerprint density at radius 3 is 2.63 bits per heavy atom. The van der Waals surface area contributed by atoms with Crippen molar-refractivity contribution in [1.29, 1.82) is 0 Å². The average molecular weight is 398 g/mol. The molecule has 150 valence electrons. The van der Waals surface area contributed by atoms with E-state index in [0.29, 0.717) is 6.54 Å². The Bertz CT molecular complexity index is 1170. The Kier molecular flexibility index (Phi) is 4.91. The van der Waals surface area contributed by atoms with Gasteiger partial charge in [-0.15, -0.1) is 0 Å². The number of aryl methyl sites for hydroxylation is 1.